The molecule has 0 atom stereocenters. The summed E-state index contributed by atoms with van der Waals surface area (Å²) < 4.78 is 18.6. The van der Waals surface area contributed by atoms with E-state index in [9.17, 15) is 4.39 Å². The predicted octanol–water partition coefficient (Wildman–Crippen LogP) is 3.14. The Morgan fingerprint density at radius 3 is 2.41 bits per heavy atom. The largest absolute Gasteiger partial charge is 0.379 e. The second-order valence-corrected chi connectivity index (χ2v) is 7.29. The molecule has 0 spiro atoms. The lowest BCUT2D eigenvalue weighted by molar-refractivity contribution is -0.0352. The number of morpholine rings is 1. The van der Waals surface area contributed by atoms with Crippen molar-refractivity contribution in [1.82, 2.24) is 15.5 Å². The molecular weight excluding hydrogens is 458 g/mol. The average molecular weight is 490 g/mol. The molecule has 0 bridgehead atoms. The zero-order valence-electron chi connectivity index (χ0n) is 16.2. The maximum atomic E-state index is 13.0. The molecule has 0 amide bonds. The lowest BCUT2D eigenvalue weighted by Crippen LogP contribution is -2.60. The van der Waals surface area contributed by atoms with E-state index in [1.807, 2.05) is 0 Å². The third-order valence-corrected chi connectivity index (χ3v) is 5.65. The van der Waals surface area contributed by atoms with Crippen LogP contribution in [-0.2, 0) is 11.3 Å². The van der Waals surface area contributed by atoms with Gasteiger partial charge in [-0.25, -0.2) is 4.39 Å². The number of rotatable bonds is 5. The molecule has 3 rings (SSSR count). The van der Waals surface area contributed by atoms with Crippen molar-refractivity contribution < 1.29 is 9.13 Å². The third-order valence-electron chi connectivity index (χ3n) is 5.65. The summed E-state index contributed by atoms with van der Waals surface area (Å²) in [5, 5.41) is 6.88. The number of hydrogen-bond donors (Lipinski definition) is 2. The fourth-order valence-electron chi connectivity index (χ4n) is 4.11. The van der Waals surface area contributed by atoms with Gasteiger partial charge < -0.3 is 15.4 Å². The molecule has 1 saturated heterocycles. The second-order valence-electron chi connectivity index (χ2n) is 7.29. The zero-order valence-corrected chi connectivity index (χ0v) is 18.5. The van der Waals surface area contributed by atoms with Gasteiger partial charge in [0.1, 0.15) is 5.82 Å². The first-order chi connectivity index (χ1) is 12.7. The quantitative estimate of drug-likeness (QED) is 0.379. The molecule has 0 radical (unpaired) electrons. The van der Waals surface area contributed by atoms with Crippen LogP contribution in [0.1, 0.15) is 37.7 Å². The minimum Gasteiger partial charge on any atom is -0.379 e. The van der Waals surface area contributed by atoms with Gasteiger partial charge in [-0.3, -0.25) is 9.89 Å². The standard InChI is InChI=1S/C20H31FN4O.HI/c1-22-19(23-15-17-5-7-18(21)8-6-17)24-16-20(9-3-2-4-10-20)25-11-13-26-14-12-25;/h5-8H,2-4,9-16H2,1H3,(H2,22,23,24);1H. The molecule has 1 saturated carbocycles. The second kappa shape index (κ2) is 11.2. The van der Waals surface area contributed by atoms with Crippen molar-refractivity contribution in [3.63, 3.8) is 0 Å². The lowest BCUT2D eigenvalue weighted by Gasteiger charge is -2.48. The van der Waals surface area contributed by atoms with Crippen LogP contribution < -0.4 is 10.6 Å². The molecule has 1 aromatic carbocycles. The number of halogens is 2. The summed E-state index contributed by atoms with van der Waals surface area (Å²) in [6.45, 7) is 5.23. The Kier molecular flexibility index (Phi) is 9.25. The normalized spacial score (nSPS) is 20.6. The summed E-state index contributed by atoms with van der Waals surface area (Å²) in [6.07, 6.45) is 6.38. The first-order valence-electron chi connectivity index (χ1n) is 9.74. The van der Waals surface area contributed by atoms with Crippen molar-refractivity contribution in [3.8, 4) is 0 Å². The summed E-state index contributed by atoms with van der Waals surface area (Å²) in [6, 6.07) is 6.57. The molecule has 5 nitrogen and oxygen atoms in total. The van der Waals surface area contributed by atoms with Crippen LogP contribution in [-0.4, -0.2) is 56.3 Å². The fraction of sp³-hybridized carbons (Fsp3) is 0.650. The van der Waals surface area contributed by atoms with Crippen molar-refractivity contribution in [2.45, 2.75) is 44.2 Å². The third kappa shape index (κ3) is 6.29. The van der Waals surface area contributed by atoms with Gasteiger partial charge in [-0.05, 0) is 30.5 Å². The molecule has 2 N–H and O–H groups in total. The minimum atomic E-state index is -0.207. The van der Waals surface area contributed by atoms with Crippen molar-refractivity contribution in [2.75, 3.05) is 39.9 Å². The van der Waals surface area contributed by atoms with Gasteiger partial charge in [0.25, 0.3) is 0 Å². The number of nitrogens with zero attached hydrogens (tertiary/aromatic N) is 2. The van der Waals surface area contributed by atoms with Gasteiger partial charge in [-0.2, -0.15) is 0 Å². The Morgan fingerprint density at radius 2 is 1.78 bits per heavy atom. The number of benzene rings is 1. The van der Waals surface area contributed by atoms with Crippen LogP contribution >= 0.6 is 24.0 Å². The van der Waals surface area contributed by atoms with Crippen LogP contribution in [0.25, 0.3) is 0 Å². The zero-order chi connectivity index (χ0) is 18.2. The average Bonchev–Trinajstić information content (AvgIpc) is 2.71. The van der Waals surface area contributed by atoms with Crippen molar-refractivity contribution in [1.29, 1.82) is 0 Å². The van der Waals surface area contributed by atoms with E-state index in [4.69, 9.17) is 4.74 Å². The van der Waals surface area contributed by atoms with Gasteiger partial charge >= 0.3 is 0 Å². The van der Waals surface area contributed by atoms with E-state index in [1.54, 1.807) is 19.2 Å². The Balaban J connectivity index is 0.00000261. The van der Waals surface area contributed by atoms with Gasteiger partial charge in [-0.1, -0.05) is 31.4 Å². The highest BCUT2D eigenvalue weighted by Crippen LogP contribution is 2.33. The molecule has 27 heavy (non-hydrogen) atoms. The minimum absolute atomic E-state index is 0. The van der Waals surface area contributed by atoms with E-state index in [0.717, 1.165) is 44.4 Å². The summed E-state index contributed by atoms with van der Waals surface area (Å²) in [4.78, 5) is 6.98. The molecule has 152 valence electrons. The topological polar surface area (TPSA) is 48.9 Å². The van der Waals surface area contributed by atoms with Crippen LogP contribution in [0, 0.1) is 5.82 Å². The maximum absolute atomic E-state index is 13.0. The van der Waals surface area contributed by atoms with Gasteiger partial charge in [0.2, 0.25) is 0 Å². The van der Waals surface area contributed by atoms with E-state index in [2.05, 4.69) is 20.5 Å². The van der Waals surface area contributed by atoms with Crippen LogP contribution in [0.2, 0.25) is 0 Å². The van der Waals surface area contributed by atoms with E-state index < -0.39 is 0 Å². The lowest BCUT2D eigenvalue weighted by atomic mass is 9.80. The Morgan fingerprint density at radius 1 is 1.11 bits per heavy atom. The monoisotopic (exact) mass is 490 g/mol. The van der Waals surface area contributed by atoms with Gasteiger partial charge in [0, 0.05) is 38.8 Å². The molecule has 1 aliphatic carbocycles. The van der Waals surface area contributed by atoms with Gasteiger partial charge in [-0.15, -0.1) is 24.0 Å². The Bertz CT molecular complexity index is 584. The van der Waals surface area contributed by atoms with Crippen LogP contribution in [0.3, 0.4) is 0 Å². The van der Waals surface area contributed by atoms with Crippen molar-refractivity contribution >= 4 is 29.9 Å². The maximum Gasteiger partial charge on any atom is 0.191 e. The van der Waals surface area contributed by atoms with Gasteiger partial charge in [0.15, 0.2) is 5.96 Å². The first kappa shape index (κ1) is 22.4. The first-order valence-corrected chi connectivity index (χ1v) is 9.74. The van der Waals surface area contributed by atoms with Crippen molar-refractivity contribution in [3.05, 3.63) is 35.6 Å². The van der Waals surface area contributed by atoms with Crippen LogP contribution in [0.4, 0.5) is 4.39 Å². The molecule has 2 fully saturated rings. The molecule has 1 aromatic rings. The van der Waals surface area contributed by atoms with E-state index in [0.29, 0.717) is 6.54 Å². The highest BCUT2D eigenvalue weighted by Gasteiger charge is 2.38. The summed E-state index contributed by atoms with van der Waals surface area (Å²) in [5.41, 5.74) is 1.24. The smallest absolute Gasteiger partial charge is 0.191 e. The molecular formula is C20H32FIN4O. The summed E-state index contributed by atoms with van der Waals surface area (Å²) in [5.74, 6) is 0.591. The highest BCUT2D eigenvalue weighted by atomic mass is 127. The van der Waals surface area contributed by atoms with Gasteiger partial charge in [0.05, 0.1) is 13.2 Å². The number of aliphatic imine (C=N–C) groups is 1. The SMILES string of the molecule is CN=C(NCc1ccc(F)cc1)NCC1(N2CCOCC2)CCCCC1.I. The number of ether oxygens (including phenoxy) is 1. The number of nitrogens with one attached hydrogen (secondary N) is 2. The van der Waals surface area contributed by atoms with E-state index in [1.165, 1.54) is 44.2 Å². The van der Waals surface area contributed by atoms with E-state index in [-0.39, 0.29) is 35.3 Å². The fourth-order valence-corrected chi connectivity index (χ4v) is 4.11. The van der Waals surface area contributed by atoms with E-state index >= 15 is 0 Å². The number of hydrogen-bond acceptors (Lipinski definition) is 3. The van der Waals surface area contributed by atoms with Crippen molar-refractivity contribution in [2.24, 2.45) is 4.99 Å². The Hall–Kier alpha value is -0.930. The van der Waals surface area contributed by atoms with Crippen LogP contribution in [0.5, 0.6) is 0 Å². The highest BCUT2D eigenvalue weighted by molar-refractivity contribution is 14.0. The molecule has 1 heterocycles. The Labute approximate surface area is 179 Å². The summed E-state index contributed by atoms with van der Waals surface area (Å²) in [7, 11) is 1.79. The van der Waals surface area contributed by atoms with Crippen LogP contribution in [0.15, 0.2) is 29.3 Å². The molecule has 2 aliphatic rings. The number of guanidine groups is 1. The molecule has 7 heteroatoms. The molecule has 0 unspecified atom stereocenters. The predicted molar refractivity (Wildman–Crippen MR) is 118 cm³/mol. The molecule has 0 aromatic heterocycles. The summed E-state index contributed by atoms with van der Waals surface area (Å²) >= 11 is 0. The molecule has 1 aliphatic heterocycles.